The van der Waals surface area contributed by atoms with Crippen LogP contribution in [0.1, 0.15) is 5.56 Å². The Hall–Kier alpha value is -2.65. The van der Waals surface area contributed by atoms with Crippen LogP contribution in [-0.2, 0) is 14.9 Å². The number of nitrogens with one attached hydrogen (secondary N) is 1. The maximum absolute atomic E-state index is 13.0. The van der Waals surface area contributed by atoms with E-state index in [1.54, 1.807) is 18.2 Å². The topological polar surface area (TPSA) is 89.5 Å². The zero-order valence-electron chi connectivity index (χ0n) is 12.4. The molecule has 0 atom stereocenters. The molecule has 2 aromatic rings. The first-order chi connectivity index (χ1) is 11.8. The second-order valence-corrected chi connectivity index (χ2v) is 7.44. The predicted molar refractivity (Wildman–Crippen MR) is 89.8 cm³/mol. The molecule has 0 unspecified atom stereocenters. The quantitative estimate of drug-likeness (QED) is 0.649. The SMILES string of the molecule is O=C1NC(=O)/C(=C/c2ccccc2OS(=O)(=O)c2ccc(F)cc2)S1. The molecule has 0 radical (unpaired) electrons. The van der Waals surface area contributed by atoms with Crippen LogP contribution in [0.3, 0.4) is 0 Å². The summed E-state index contributed by atoms with van der Waals surface area (Å²) in [4.78, 5) is 22.8. The third-order valence-electron chi connectivity index (χ3n) is 3.15. The number of benzene rings is 2. The van der Waals surface area contributed by atoms with Gasteiger partial charge >= 0.3 is 10.1 Å². The molecule has 2 amide bonds. The predicted octanol–water partition coefficient (Wildman–Crippen LogP) is 2.92. The molecular weight excluding hydrogens is 369 g/mol. The molecule has 1 fully saturated rings. The molecule has 0 aliphatic carbocycles. The zero-order valence-corrected chi connectivity index (χ0v) is 14.1. The van der Waals surface area contributed by atoms with Gasteiger partial charge in [-0.25, -0.2) is 4.39 Å². The van der Waals surface area contributed by atoms with Crippen molar-refractivity contribution in [2.45, 2.75) is 4.90 Å². The Kier molecular flexibility index (Phi) is 4.60. The van der Waals surface area contributed by atoms with Crippen molar-refractivity contribution >= 4 is 39.1 Å². The molecule has 0 spiro atoms. The number of halogens is 1. The first-order valence-electron chi connectivity index (χ1n) is 6.89. The minimum absolute atomic E-state index is 0.0212. The summed E-state index contributed by atoms with van der Waals surface area (Å²) in [5.74, 6) is -1.16. The van der Waals surface area contributed by atoms with Gasteiger partial charge in [0.2, 0.25) is 0 Å². The summed E-state index contributed by atoms with van der Waals surface area (Å²) in [6.45, 7) is 0. The Morgan fingerprint density at radius 3 is 2.36 bits per heavy atom. The first kappa shape index (κ1) is 17.2. The van der Waals surface area contributed by atoms with E-state index in [4.69, 9.17) is 4.18 Å². The van der Waals surface area contributed by atoms with Crippen molar-refractivity contribution in [3.63, 3.8) is 0 Å². The summed E-state index contributed by atoms with van der Waals surface area (Å²) < 4.78 is 42.7. The Morgan fingerprint density at radius 2 is 1.72 bits per heavy atom. The monoisotopic (exact) mass is 379 g/mol. The minimum Gasteiger partial charge on any atom is -0.378 e. The summed E-state index contributed by atoms with van der Waals surface area (Å²) in [7, 11) is -4.18. The molecule has 0 saturated carbocycles. The molecule has 6 nitrogen and oxygen atoms in total. The Bertz CT molecular complexity index is 984. The molecule has 0 aromatic heterocycles. The maximum atomic E-state index is 13.0. The zero-order chi connectivity index (χ0) is 18.0. The van der Waals surface area contributed by atoms with Crippen molar-refractivity contribution in [2.24, 2.45) is 0 Å². The maximum Gasteiger partial charge on any atom is 0.339 e. The van der Waals surface area contributed by atoms with Gasteiger partial charge in [-0.15, -0.1) is 0 Å². The number of hydrogen-bond acceptors (Lipinski definition) is 6. The third kappa shape index (κ3) is 3.89. The van der Waals surface area contributed by atoms with Crippen LogP contribution in [0.25, 0.3) is 6.08 Å². The molecule has 1 aliphatic heterocycles. The number of para-hydroxylation sites is 1. The second-order valence-electron chi connectivity index (χ2n) is 4.88. The lowest BCUT2D eigenvalue weighted by molar-refractivity contribution is -0.115. The fraction of sp³-hybridized carbons (Fsp3) is 0. The molecule has 9 heteroatoms. The molecule has 128 valence electrons. The summed E-state index contributed by atoms with van der Waals surface area (Å²) >= 11 is 0.708. The van der Waals surface area contributed by atoms with Crippen molar-refractivity contribution in [3.05, 3.63) is 64.8 Å². The number of thioether (sulfide) groups is 1. The van der Waals surface area contributed by atoms with E-state index < -0.39 is 27.1 Å². The summed E-state index contributed by atoms with van der Waals surface area (Å²) in [5.41, 5.74) is 0.306. The molecule has 1 saturated heterocycles. The van der Waals surface area contributed by atoms with E-state index in [0.29, 0.717) is 17.3 Å². The molecule has 1 heterocycles. The van der Waals surface area contributed by atoms with Crippen LogP contribution in [0.15, 0.2) is 58.3 Å². The second kappa shape index (κ2) is 6.69. The fourth-order valence-electron chi connectivity index (χ4n) is 2.01. The lowest BCUT2D eigenvalue weighted by Crippen LogP contribution is -2.17. The van der Waals surface area contributed by atoms with Crippen molar-refractivity contribution in [1.29, 1.82) is 0 Å². The van der Waals surface area contributed by atoms with E-state index in [9.17, 15) is 22.4 Å². The average Bonchev–Trinajstić information content (AvgIpc) is 2.87. The van der Waals surface area contributed by atoms with Gasteiger partial charge in [0.05, 0.1) is 4.91 Å². The number of hydrogen-bond donors (Lipinski definition) is 1. The standard InChI is InChI=1S/C16H10FNO5S2/c17-11-5-7-12(8-6-11)25(21,22)23-13-4-2-1-3-10(13)9-14-15(19)18-16(20)24-14/h1-9H,(H,18,19,20)/b14-9-. The molecule has 0 bridgehead atoms. The highest BCUT2D eigenvalue weighted by molar-refractivity contribution is 8.18. The number of carbonyl (C=O) groups is 2. The van der Waals surface area contributed by atoms with Gasteiger partial charge < -0.3 is 4.18 Å². The van der Waals surface area contributed by atoms with E-state index in [1.165, 1.54) is 12.1 Å². The van der Waals surface area contributed by atoms with Crippen LogP contribution in [0.2, 0.25) is 0 Å². The van der Waals surface area contributed by atoms with E-state index in [-0.39, 0.29) is 15.6 Å². The van der Waals surface area contributed by atoms with Crippen LogP contribution < -0.4 is 9.50 Å². The molecule has 25 heavy (non-hydrogen) atoms. The third-order valence-corrected chi connectivity index (χ3v) is 5.21. The Morgan fingerprint density at radius 1 is 1.04 bits per heavy atom. The van der Waals surface area contributed by atoms with Crippen LogP contribution >= 0.6 is 11.8 Å². The summed E-state index contributed by atoms with van der Waals surface area (Å²) in [5, 5.41) is 1.60. The minimum atomic E-state index is -4.18. The lowest BCUT2D eigenvalue weighted by Gasteiger charge is -2.09. The van der Waals surface area contributed by atoms with Crippen molar-refractivity contribution < 1.29 is 26.6 Å². The number of rotatable bonds is 4. The van der Waals surface area contributed by atoms with E-state index in [1.807, 2.05) is 0 Å². The average molecular weight is 379 g/mol. The Balaban J connectivity index is 1.94. The van der Waals surface area contributed by atoms with Crippen LogP contribution in [0.5, 0.6) is 5.75 Å². The van der Waals surface area contributed by atoms with Gasteiger partial charge in [-0.3, -0.25) is 14.9 Å². The van der Waals surface area contributed by atoms with E-state index in [2.05, 4.69) is 5.32 Å². The van der Waals surface area contributed by atoms with Gasteiger partial charge in [-0.2, -0.15) is 8.42 Å². The normalized spacial score (nSPS) is 16.1. The summed E-state index contributed by atoms with van der Waals surface area (Å²) in [6.07, 6.45) is 1.36. The lowest BCUT2D eigenvalue weighted by atomic mass is 10.2. The number of amides is 2. The van der Waals surface area contributed by atoms with E-state index in [0.717, 1.165) is 24.3 Å². The van der Waals surface area contributed by atoms with Crippen molar-refractivity contribution in [3.8, 4) is 5.75 Å². The first-order valence-corrected chi connectivity index (χ1v) is 9.11. The largest absolute Gasteiger partial charge is 0.378 e. The highest BCUT2D eigenvalue weighted by Gasteiger charge is 2.26. The van der Waals surface area contributed by atoms with Gasteiger partial charge in [-0.1, -0.05) is 18.2 Å². The highest BCUT2D eigenvalue weighted by Crippen LogP contribution is 2.30. The number of imide groups is 1. The molecule has 1 aliphatic rings. The molecular formula is C16H10FNO5S2. The van der Waals surface area contributed by atoms with Gasteiger partial charge in [0.1, 0.15) is 16.5 Å². The molecule has 1 N–H and O–H groups in total. The fourth-order valence-corrected chi connectivity index (χ4v) is 3.63. The summed E-state index contributed by atoms with van der Waals surface area (Å²) in [6, 6.07) is 10.3. The Labute approximate surface area is 146 Å². The van der Waals surface area contributed by atoms with Gasteiger partial charge in [0.15, 0.2) is 0 Å². The van der Waals surface area contributed by atoms with Crippen LogP contribution in [-0.4, -0.2) is 19.6 Å². The molecule has 3 rings (SSSR count). The van der Waals surface area contributed by atoms with Crippen LogP contribution in [0, 0.1) is 5.82 Å². The highest BCUT2D eigenvalue weighted by atomic mass is 32.2. The molecule has 2 aromatic carbocycles. The van der Waals surface area contributed by atoms with Gasteiger partial charge in [0, 0.05) is 5.56 Å². The van der Waals surface area contributed by atoms with E-state index >= 15 is 0 Å². The van der Waals surface area contributed by atoms with Crippen LogP contribution in [0.4, 0.5) is 9.18 Å². The van der Waals surface area contributed by atoms with Gasteiger partial charge in [-0.05, 0) is 48.2 Å². The van der Waals surface area contributed by atoms with Gasteiger partial charge in [0.25, 0.3) is 11.1 Å². The van der Waals surface area contributed by atoms with Crippen molar-refractivity contribution in [1.82, 2.24) is 5.32 Å². The smallest absolute Gasteiger partial charge is 0.339 e. The number of carbonyl (C=O) groups excluding carboxylic acids is 2. The van der Waals surface area contributed by atoms with Crippen molar-refractivity contribution in [2.75, 3.05) is 0 Å².